The van der Waals surface area contributed by atoms with Crippen LogP contribution in [0, 0.1) is 0 Å². The van der Waals surface area contributed by atoms with E-state index < -0.39 is 9.84 Å². The highest BCUT2D eigenvalue weighted by atomic mass is 32.2. The number of aromatic nitrogens is 5. The molecular weight excluding hydrogens is 446 g/mol. The molecule has 176 valence electrons. The summed E-state index contributed by atoms with van der Waals surface area (Å²) in [6.07, 6.45) is 6.04. The smallest absolute Gasteiger partial charge is 0.332 e. The van der Waals surface area contributed by atoms with E-state index in [0.717, 1.165) is 5.56 Å². The molecule has 3 aromatic heterocycles. The second kappa shape index (κ2) is 8.97. The Labute approximate surface area is 191 Å². The van der Waals surface area contributed by atoms with Crippen molar-refractivity contribution >= 4 is 33.2 Å². The molecule has 4 rings (SSSR count). The molecule has 1 saturated heterocycles. The van der Waals surface area contributed by atoms with E-state index in [1.54, 1.807) is 36.9 Å². The Bertz CT molecular complexity index is 1420. The van der Waals surface area contributed by atoms with E-state index in [1.165, 1.54) is 9.13 Å². The predicted molar refractivity (Wildman–Crippen MR) is 126 cm³/mol. The second-order valence-corrected chi connectivity index (χ2v) is 10.3. The number of rotatable bonds is 6. The minimum Gasteiger partial charge on any atom is -0.474 e. The summed E-state index contributed by atoms with van der Waals surface area (Å²) in [6, 6.07) is 3.58. The molecule has 0 amide bonds. The number of imidazole rings is 1. The molecule has 0 N–H and O–H groups in total. The molecule has 10 nitrogen and oxygen atoms in total. The summed E-state index contributed by atoms with van der Waals surface area (Å²) in [4.78, 5) is 34.2. The topological polar surface area (TPSA) is 118 Å². The quantitative estimate of drug-likeness (QED) is 0.532. The van der Waals surface area contributed by atoms with Crippen molar-refractivity contribution in [3.8, 4) is 5.88 Å². The molecule has 0 unspecified atom stereocenters. The van der Waals surface area contributed by atoms with Crippen LogP contribution in [0.15, 0.2) is 27.9 Å². The van der Waals surface area contributed by atoms with E-state index in [9.17, 15) is 18.0 Å². The Balaban J connectivity index is 1.56. The number of nitrogens with zero attached hydrogens (tertiary/aromatic N) is 5. The number of fused-ring (bicyclic) bond motifs is 1. The zero-order valence-corrected chi connectivity index (χ0v) is 19.7. The first-order valence-corrected chi connectivity index (χ1v) is 12.8. The third-order valence-corrected chi connectivity index (χ3v) is 7.60. The molecular formula is C22H27N5O5S. The molecule has 1 fully saturated rings. The number of ether oxygens (including phenoxy) is 1. The van der Waals surface area contributed by atoms with Gasteiger partial charge >= 0.3 is 5.69 Å². The molecule has 0 bridgehead atoms. The van der Waals surface area contributed by atoms with Gasteiger partial charge in [0.2, 0.25) is 5.88 Å². The minimum atomic E-state index is -2.93. The van der Waals surface area contributed by atoms with Gasteiger partial charge in [-0.05, 0) is 50.5 Å². The third kappa shape index (κ3) is 4.50. The van der Waals surface area contributed by atoms with Gasteiger partial charge in [-0.1, -0.05) is 0 Å². The van der Waals surface area contributed by atoms with Gasteiger partial charge in [-0.25, -0.2) is 23.2 Å². The highest BCUT2D eigenvalue weighted by Gasteiger charge is 2.25. The lowest BCUT2D eigenvalue weighted by Gasteiger charge is -2.22. The lowest BCUT2D eigenvalue weighted by molar-refractivity contribution is 0.182. The number of sulfone groups is 1. The molecule has 3 aromatic rings. The normalized spacial score (nSPS) is 16.6. The predicted octanol–water partition coefficient (Wildman–Crippen LogP) is 1.46. The van der Waals surface area contributed by atoms with Gasteiger partial charge in [-0.3, -0.25) is 13.9 Å². The van der Waals surface area contributed by atoms with E-state index in [2.05, 4.69) is 9.97 Å². The van der Waals surface area contributed by atoms with Crippen LogP contribution in [0.3, 0.4) is 0 Å². The summed E-state index contributed by atoms with van der Waals surface area (Å²) in [6.45, 7) is 4.31. The molecule has 4 heterocycles. The van der Waals surface area contributed by atoms with Gasteiger partial charge in [0.05, 0.1) is 11.5 Å². The first-order valence-electron chi connectivity index (χ1n) is 10.9. The van der Waals surface area contributed by atoms with Crippen molar-refractivity contribution in [3.05, 3.63) is 50.6 Å². The standard InChI is InChI=1S/C22H27N5O5S/c1-4-26-20-19(21(28)27(5-2)22(26)29)25(3)17(24-20)8-6-15-7-9-18(23-14-15)32-16-10-12-33(30,31)13-11-16/h6-9,14,16H,4-5,10-13H2,1-3H3. The van der Waals surface area contributed by atoms with Gasteiger partial charge in [0.1, 0.15) is 11.9 Å². The van der Waals surface area contributed by atoms with Crippen LogP contribution in [-0.4, -0.2) is 49.7 Å². The van der Waals surface area contributed by atoms with Crippen molar-refractivity contribution in [1.82, 2.24) is 23.7 Å². The SMILES string of the molecule is CCn1c(=O)c2c(nc(C=Cc3ccc(OC4CCS(=O)(=O)CC4)nc3)n2C)n(CC)c1=O. The Hall–Kier alpha value is -3.21. The van der Waals surface area contributed by atoms with Gasteiger partial charge in [0, 0.05) is 32.4 Å². The van der Waals surface area contributed by atoms with E-state index in [4.69, 9.17) is 4.74 Å². The molecule has 0 radical (unpaired) electrons. The first kappa shape index (κ1) is 23.0. The van der Waals surface area contributed by atoms with Crippen LogP contribution < -0.4 is 16.0 Å². The highest BCUT2D eigenvalue weighted by molar-refractivity contribution is 7.91. The Morgan fingerprint density at radius 3 is 2.39 bits per heavy atom. The average Bonchev–Trinajstić information content (AvgIpc) is 3.11. The van der Waals surface area contributed by atoms with Crippen molar-refractivity contribution in [3.63, 3.8) is 0 Å². The van der Waals surface area contributed by atoms with Gasteiger partial charge in [-0.15, -0.1) is 0 Å². The molecule has 11 heteroatoms. The van der Waals surface area contributed by atoms with Crippen LogP contribution >= 0.6 is 0 Å². The van der Waals surface area contributed by atoms with E-state index in [-0.39, 0.29) is 28.9 Å². The van der Waals surface area contributed by atoms with Crippen LogP contribution in [0.1, 0.15) is 38.1 Å². The minimum absolute atomic E-state index is 0.145. The Morgan fingerprint density at radius 2 is 1.79 bits per heavy atom. The van der Waals surface area contributed by atoms with Crippen molar-refractivity contribution < 1.29 is 13.2 Å². The van der Waals surface area contributed by atoms with Crippen LogP contribution in [0.4, 0.5) is 0 Å². The number of hydrogen-bond donors (Lipinski definition) is 0. The van der Waals surface area contributed by atoms with Crippen molar-refractivity contribution in [1.29, 1.82) is 0 Å². The lowest BCUT2D eigenvalue weighted by Crippen LogP contribution is -2.39. The fourth-order valence-corrected chi connectivity index (χ4v) is 5.43. The van der Waals surface area contributed by atoms with Crippen molar-refractivity contribution in [2.75, 3.05) is 11.5 Å². The summed E-state index contributed by atoms with van der Waals surface area (Å²) in [5.41, 5.74) is 0.849. The van der Waals surface area contributed by atoms with E-state index in [0.29, 0.717) is 48.8 Å². The Morgan fingerprint density at radius 1 is 1.09 bits per heavy atom. The highest BCUT2D eigenvalue weighted by Crippen LogP contribution is 2.19. The summed E-state index contributed by atoms with van der Waals surface area (Å²) in [7, 11) is -1.18. The van der Waals surface area contributed by atoms with Crippen LogP contribution in [0.2, 0.25) is 0 Å². The maximum Gasteiger partial charge on any atom is 0.332 e. The van der Waals surface area contributed by atoms with Crippen LogP contribution in [0.5, 0.6) is 5.88 Å². The summed E-state index contributed by atoms with van der Waals surface area (Å²) < 4.78 is 33.3. The van der Waals surface area contributed by atoms with Crippen molar-refractivity contribution in [2.45, 2.75) is 45.9 Å². The zero-order chi connectivity index (χ0) is 23.8. The van der Waals surface area contributed by atoms with Gasteiger partial charge in [-0.2, -0.15) is 0 Å². The van der Waals surface area contributed by atoms with Gasteiger partial charge in [0.15, 0.2) is 21.0 Å². The summed E-state index contributed by atoms with van der Waals surface area (Å²) >= 11 is 0. The molecule has 0 aliphatic carbocycles. The second-order valence-electron chi connectivity index (χ2n) is 8.01. The monoisotopic (exact) mass is 473 g/mol. The third-order valence-electron chi connectivity index (χ3n) is 5.88. The molecule has 0 atom stereocenters. The molecule has 33 heavy (non-hydrogen) atoms. The maximum absolute atomic E-state index is 12.8. The van der Waals surface area contributed by atoms with Gasteiger partial charge in [0.25, 0.3) is 5.56 Å². The van der Waals surface area contributed by atoms with Gasteiger partial charge < -0.3 is 9.30 Å². The number of pyridine rings is 1. The van der Waals surface area contributed by atoms with Crippen molar-refractivity contribution in [2.24, 2.45) is 7.05 Å². The molecule has 0 spiro atoms. The molecule has 1 aliphatic rings. The fourth-order valence-electron chi connectivity index (χ4n) is 3.98. The molecule has 0 saturated carbocycles. The zero-order valence-electron chi connectivity index (χ0n) is 18.9. The summed E-state index contributed by atoms with van der Waals surface area (Å²) in [5, 5.41) is 0. The Kier molecular flexibility index (Phi) is 6.24. The summed E-state index contributed by atoms with van der Waals surface area (Å²) in [5.74, 6) is 1.28. The van der Waals surface area contributed by atoms with E-state index in [1.807, 2.05) is 19.1 Å². The molecule has 1 aliphatic heterocycles. The van der Waals surface area contributed by atoms with Crippen LogP contribution in [-0.2, 0) is 30.0 Å². The number of aryl methyl sites for hydroxylation is 2. The number of hydrogen-bond acceptors (Lipinski definition) is 7. The lowest BCUT2D eigenvalue weighted by atomic mass is 10.2. The first-order chi connectivity index (χ1) is 15.7. The van der Waals surface area contributed by atoms with E-state index >= 15 is 0 Å². The van der Waals surface area contributed by atoms with Crippen LogP contribution in [0.25, 0.3) is 23.3 Å². The molecule has 0 aromatic carbocycles. The average molecular weight is 474 g/mol. The maximum atomic E-state index is 12.8. The fraction of sp³-hybridized carbons (Fsp3) is 0.455. The largest absolute Gasteiger partial charge is 0.474 e.